The summed E-state index contributed by atoms with van der Waals surface area (Å²) in [6.07, 6.45) is 0. The van der Waals surface area contributed by atoms with Gasteiger partial charge in [-0.3, -0.25) is 0 Å². The SMILES string of the molecule is Cc1cc(N(C)CC(C)(C)O)c([C@H](C)N)cc1F. The number of aliphatic hydroxyl groups is 1. The number of anilines is 1. The van der Waals surface area contributed by atoms with Gasteiger partial charge in [0.1, 0.15) is 5.82 Å². The maximum Gasteiger partial charge on any atom is 0.126 e. The molecule has 1 rings (SSSR count). The molecule has 1 aromatic carbocycles. The fourth-order valence-electron chi connectivity index (χ4n) is 2.04. The van der Waals surface area contributed by atoms with Gasteiger partial charge in [0.2, 0.25) is 0 Å². The zero-order valence-electron chi connectivity index (χ0n) is 11.8. The van der Waals surface area contributed by atoms with Crippen molar-refractivity contribution in [3.8, 4) is 0 Å². The maximum atomic E-state index is 13.6. The Bertz CT molecular complexity index is 425. The molecule has 0 aliphatic rings. The first-order valence-corrected chi connectivity index (χ1v) is 6.11. The molecule has 1 atom stereocenters. The zero-order valence-corrected chi connectivity index (χ0v) is 11.8. The first-order chi connectivity index (χ1) is 8.11. The highest BCUT2D eigenvalue weighted by atomic mass is 19.1. The standard InChI is InChI=1S/C14H23FN2O/c1-9-6-13(17(5)8-14(3,4)18)11(10(2)16)7-12(9)15/h6-7,10,18H,8,16H2,1-5H3/t10-/m0/s1. The van der Waals surface area contributed by atoms with Gasteiger partial charge in [0.05, 0.1) is 5.60 Å². The van der Waals surface area contributed by atoms with Crippen molar-refractivity contribution < 1.29 is 9.50 Å². The van der Waals surface area contributed by atoms with Crippen LogP contribution >= 0.6 is 0 Å². The van der Waals surface area contributed by atoms with E-state index in [-0.39, 0.29) is 11.9 Å². The van der Waals surface area contributed by atoms with Crippen LogP contribution in [-0.4, -0.2) is 24.3 Å². The molecule has 0 aliphatic heterocycles. The number of nitrogens with two attached hydrogens (primary N) is 1. The van der Waals surface area contributed by atoms with Crippen LogP contribution in [0.2, 0.25) is 0 Å². The molecule has 0 heterocycles. The minimum Gasteiger partial charge on any atom is -0.389 e. The van der Waals surface area contributed by atoms with Gasteiger partial charge >= 0.3 is 0 Å². The molecule has 3 nitrogen and oxygen atoms in total. The fourth-order valence-corrected chi connectivity index (χ4v) is 2.04. The number of likely N-dealkylation sites (N-methyl/N-ethyl adjacent to an activating group) is 1. The summed E-state index contributed by atoms with van der Waals surface area (Å²) in [5, 5.41) is 9.86. The fraction of sp³-hybridized carbons (Fsp3) is 0.571. The van der Waals surface area contributed by atoms with Crippen molar-refractivity contribution in [1.29, 1.82) is 0 Å². The van der Waals surface area contributed by atoms with E-state index in [0.29, 0.717) is 12.1 Å². The summed E-state index contributed by atoms with van der Waals surface area (Å²) in [7, 11) is 1.87. The van der Waals surface area contributed by atoms with Crippen LogP contribution in [0.4, 0.5) is 10.1 Å². The zero-order chi connectivity index (χ0) is 14.1. The van der Waals surface area contributed by atoms with Crippen molar-refractivity contribution in [2.75, 3.05) is 18.5 Å². The Morgan fingerprint density at radius 1 is 1.44 bits per heavy atom. The van der Waals surface area contributed by atoms with Gasteiger partial charge in [-0.15, -0.1) is 0 Å². The first-order valence-electron chi connectivity index (χ1n) is 6.11. The number of hydrogen-bond donors (Lipinski definition) is 2. The Balaban J connectivity index is 3.17. The van der Waals surface area contributed by atoms with Crippen LogP contribution in [0, 0.1) is 12.7 Å². The highest BCUT2D eigenvalue weighted by molar-refractivity contribution is 5.56. The molecular formula is C14H23FN2O. The van der Waals surface area contributed by atoms with E-state index in [0.717, 1.165) is 11.3 Å². The average molecular weight is 254 g/mol. The Hall–Kier alpha value is -1.13. The Labute approximate surface area is 108 Å². The van der Waals surface area contributed by atoms with Crippen molar-refractivity contribution in [2.24, 2.45) is 5.73 Å². The molecule has 0 spiro atoms. The summed E-state index contributed by atoms with van der Waals surface area (Å²) in [4.78, 5) is 1.91. The molecule has 0 fully saturated rings. The van der Waals surface area contributed by atoms with Crippen LogP contribution < -0.4 is 10.6 Å². The molecule has 18 heavy (non-hydrogen) atoms. The van der Waals surface area contributed by atoms with Gasteiger partial charge in [-0.25, -0.2) is 4.39 Å². The number of nitrogens with zero attached hydrogens (tertiary/aromatic N) is 1. The molecule has 0 saturated heterocycles. The van der Waals surface area contributed by atoms with E-state index in [1.165, 1.54) is 6.07 Å². The van der Waals surface area contributed by atoms with E-state index in [1.54, 1.807) is 26.8 Å². The highest BCUT2D eigenvalue weighted by Gasteiger charge is 2.20. The van der Waals surface area contributed by atoms with Gasteiger partial charge < -0.3 is 15.7 Å². The number of benzene rings is 1. The van der Waals surface area contributed by atoms with Crippen molar-refractivity contribution in [1.82, 2.24) is 0 Å². The summed E-state index contributed by atoms with van der Waals surface area (Å²) >= 11 is 0. The van der Waals surface area contributed by atoms with Crippen molar-refractivity contribution in [2.45, 2.75) is 39.3 Å². The third kappa shape index (κ3) is 3.68. The van der Waals surface area contributed by atoms with Gasteiger partial charge in [-0.05, 0) is 51.0 Å². The number of halogens is 1. The minimum absolute atomic E-state index is 0.247. The summed E-state index contributed by atoms with van der Waals surface area (Å²) in [6, 6.07) is 3.01. The monoisotopic (exact) mass is 254 g/mol. The molecule has 0 unspecified atom stereocenters. The number of aryl methyl sites for hydroxylation is 1. The van der Waals surface area contributed by atoms with Crippen LogP contribution in [0.1, 0.15) is 37.9 Å². The molecule has 1 aromatic rings. The Morgan fingerprint density at radius 3 is 2.44 bits per heavy atom. The van der Waals surface area contributed by atoms with E-state index in [2.05, 4.69) is 0 Å². The predicted octanol–water partition coefficient (Wildman–Crippen LogP) is 2.36. The molecule has 0 radical (unpaired) electrons. The summed E-state index contributed by atoms with van der Waals surface area (Å²) in [6.45, 7) is 7.49. The quantitative estimate of drug-likeness (QED) is 0.867. The lowest BCUT2D eigenvalue weighted by molar-refractivity contribution is 0.0886. The van der Waals surface area contributed by atoms with Crippen molar-refractivity contribution in [3.05, 3.63) is 29.1 Å². The molecule has 102 valence electrons. The summed E-state index contributed by atoms with van der Waals surface area (Å²) in [5.74, 6) is -0.247. The Kier molecular flexibility index (Phi) is 4.35. The van der Waals surface area contributed by atoms with Crippen LogP contribution in [0.3, 0.4) is 0 Å². The second kappa shape index (κ2) is 5.24. The lowest BCUT2D eigenvalue weighted by Gasteiger charge is -2.30. The predicted molar refractivity (Wildman–Crippen MR) is 73.3 cm³/mol. The summed E-state index contributed by atoms with van der Waals surface area (Å²) in [5.41, 5.74) is 7.27. The second-order valence-electron chi connectivity index (χ2n) is 5.62. The largest absolute Gasteiger partial charge is 0.389 e. The molecule has 0 saturated carbocycles. The second-order valence-corrected chi connectivity index (χ2v) is 5.62. The topological polar surface area (TPSA) is 49.5 Å². The van der Waals surface area contributed by atoms with Crippen LogP contribution in [0.15, 0.2) is 12.1 Å². The van der Waals surface area contributed by atoms with Gasteiger partial charge in [0, 0.05) is 25.3 Å². The first kappa shape index (κ1) is 14.9. The number of rotatable bonds is 4. The van der Waals surface area contributed by atoms with Gasteiger partial charge in [0.25, 0.3) is 0 Å². The summed E-state index contributed by atoms with van der Waals surface area (Å²) < 4.78 is 13.6. The van der Waals surface area contributed by atoms with Crippen LogP contribution in [-0.2, 0) is 0 Å². The molecule has 3 N–H and O–H groups in total. The number of hydrogen-bond acceptors (Lipinski definition) is 3. The minimum atomic E-state index is -0.813. The smallest absolute Gasteiger partial charge is 0.126 e. The molecule has 0 amide bonds. The van der Waals surface area contributed by atoms with Crippen molar-refractivity contribution >= 4 is 5.69 Å². The van der Waals surface area contributed by atoms with Crippen LogP contribution in [0.5, 0.6) is 0 Å². The Morgan fingerprint density at radius 2 is 2.00 bits per heavy atom. The van der Waals surface area contributed by atoms with Gasteiger partial charge in [0.15, 0.2) is 0 Å². The molecular weight excluding hydrogens is 231 g/mol. The highest BCUT2D eigenvalue weighted by Crippen LogP contribution is 2.28. The lowest BCUT2D eigenvalue weighted by atomic mass is 10.0. The van der Waals surface area contributed by atoms with Gasteiger partial charge in [-0.2, -0.15) is 0 Å². The molecule has 4 heteroatoms. The maximum absolute atomic E-state index is 13.6. The molecule has 0 aromatic heterocycles. The molecule has 0 aliphatic carbocycles. The van der Waals surface area contributed by atoms with E-state index < -0.39 is 5.60 Å². The van der Waals surface area contributed by atoms with E-state index in [1.807, 2.05) is 18.9 Å². The van der Waals surface area contributed by atoms with Crippen LogP contribution in [0.25, 0.3) is 0 Å². The molecule has 0 bridgehead atoms. The van der Waals surface area contributed by atoms with Gasteiger partial charge in [-0.1, -0.05) is 0 Å². The third-order valence-corrected chi connectivity index (χ3v) is 2.83. The third-order valence-electron chi connectivity index (χ3n) is 2.83. The van der Waals surface area contributed by atoms with E-state index in [4.69, 9.17) is 5.73 Å². The normalized spacial score (nSPS) is 13.6. The van der Waals surface area contributed by atoms with E-state index >= 15 is 0 Å². The average Bonchev–Trinajstić information content (AvgIpc) is 2.18. The lowest BCUT2D eigenvalue weighted by Crippen LogP contribution is -2.37. The van der Waals surface area contributed by atoms with E-state index in [9.17, 15) is 9.50 Å². The van der Waals surface area contributed by atoms with Crippen molar-refractivity contribution in [3.63, 3.8) is 0 Å².